The van der Waals surface area contributed by atoms with Crippen molar-refractivity contribution < 1.29 is 9.13 Å². The van der Waals surface area contributed by atoms with Gasteiger partial charge in [-0.2, -0.15) is 0 Å². The second-order valence-corrected chi connectivity index (χ2v) is 13.7. The smallest absolute Gasteiger partial charge is 0.328 e. The van der Waals surface area contributed by atoms with Crippen molar-refractivity contribution in [2.24, 2.45) is 22.2 Å². The topological polar surface area (TPSA) is 104 Å². The average Bonchev–Trinajstić information content (AvgIpc) is 2.95. The Hall–Kier alpha value is -3.66. The number of fused-ring (bicyclic) bond motifs is 1. The van der Waals surface area contributed by atoms with Gasteiger partial charge in [0.1, 0.15) is 11.6 Å². The van der Waals surface area contributed by atoms with Crippen LogP contribution in [0.15, 0.2) is 51.0 Å². The highest BCUT2D eigenvalue weighted by Gasteiger charge is 2.38. The lowest BCUT2D eigenvalue weighted by molar-refractivity contribution is 0.0978. The number of aromatic amines is 1. The Kier molecular flexibility index (Phi) is 9.20. The Bertz CT molecular complexity index is 1640. The molecule has 3 N–H and O–H groups in total. The summed E-state index contributed by atoms with van der Waals surface area (Å²) in [6.45, 7) is 15.4. The van der Waals surface area contributed by atoms with Crippen LogP contribution in [0.3, 0.4) is 0 Å². The predicted octanol–water partition coefficient (Wildman–Crippen LogP) is 4.99. The third-order valence-corrected chi connectivity index (χ3v) is 9.68. The molecule has 1 aromatic heterocycles. The van der Waals surface area contributed by atoms with Crippen molar-refractivity contribution in [3.63, 3.8) is 0 Å². The van der Waals surface area contributed by atoms with E-state index in [1.165, 1.54) is 13.2 Å². The van der Waals surface area contributed by atoms with Gasteiger partial charge in [0, 0.05) is 43.5 Å². The van der Waals surface area contributed by atoms with Crippen molar-refractivity contribution in [2.75, 3.05) is 25.5 Å². The van der Waals surface area contributed by atoms with Gasteiger partial charge in [-0.3, -0.25) is 9.36 Å². The second kappa shape index (κ2) is 12.8. The molecule has 10 heteroatoms. The van der Waals surface area contributed by atoms with Crippen LogP contribution < -0.4 is 26.6 Å². The first kappa shape index (κ1) is 31.8. The van der Waals surface area contributed by atoms with Crippen LogP contribution in [-0.2, 0) is 13.0 Å². The number of guanidine groups is 1. The van der Waals surface area contributed by atoms with Gasteiger partial charge < -0.3 is 25.3 Å². The Morgan fingerprint density at radius 3 is 2.50 bits per heavy atom. The van der Waals surface area contributed by atoms with E-state index in [0.717, 1.165) is 42.1 Å². The number of anilines is 1. The molecule has 0 spiro atoms. The van der Waals surface area contributed by atoms with Gasteiger partial charge in [-0.15, -0.1) is 0 Å². The fourth-order valence-corrected chi connectivity index (χ4v) is 6.86. The molecule has 1 saturated heterocycles. The van der Waals surface area contributed by atoms with Crippen LogP contribution in [0.5, 0.6) is 5.75 Å². The molecule has 3 aromatic rings. The first-order valence-electron chi connectivity index (χ1n) is 15.8. The Morgan fingerprint density at radius 2 is 1.82 bits per heavy atom. The Labute approximate surface area is 258 Å². The van der Waals surface area contributed by atoms with E-state index in [2.05, 4.69) is 62.1 Å². The SMILES string of the molecule is COc1ccc(CCn2c(=O)[nH]c3cc(NC(=N[C@H]4C[C@@H](C)C(C)(C)C[C@@H]4C)N4C[C@@H](C)N[C@@H](C)C4)ccc3c2=O)c(F)c1. The summed E-state index contributed by atoms with van der Waals surface area (Å²) in [5.74, 6) is 1.82. The van der Waals surface area contributed by atoms with Crippen LogP contribution in [0.1, 0.15) is 59.9 Å². The number of H-pyrrole nitrogens is 1. The normalized spacial score (nSPS) is 25.7. The quantitative estimate of drug-likeness (QED) is 0.270. The van der Waals surface area contributed by atoms with Gasteiger partial charge in [0.25, 0.3) is 5.56 Å². The maximum absolute atomic E-state index is 14.5. The monoisotopic (exact) mass is 606 g/mol. The van der Waals surface area contributed by atoms with E-state index in [1.807, 2.05) is 6.07 Å². The highest BCUT2D eigenvalue weighted by atomic mass is 19.1. The van der Waals surface area contributed by atoms with Crippen LogP contribution >= 0.6 is 0 Å². The van der Waals surface area contributed by atoms with E-state index < -0.39 is 17.1 Å². The number of aryl methyl sites for hydroxylation is 1. The molecular formula is C34H47FN6O3. The number of halogens is 1. The number of nitrogens with one attached hydrogen (secondary N) is 3. The van der Waals surface area contributed by atoms with Crippen LogP contribution in [0, 0.1) is 23.1 Å². The number of hydrogen-bond donors (Lipinski definition) is 3. The van der Waals surface area contributed by atoms with Gasteiger partial charge in [-0.25, -0.2) is 14.2 Å². The van der Waals surface area contributed by atoms with E-state index in [-0.39, 0.29) is 24.4 Å². The highest BCUT2D eigenvalue weighted by molar-refractivity contribution is 5.96. The number of aromatic nitrogens is 2. The minimum atomic E-state index is -0.528. The summed E-state index contributed by atoms with van der Waals surface area (Å²) in [5, 5.41) is 7.56. The molecule has 2 heterocycles. The van der Waals surface area contributed by atoms with E-state index in [1.54, 1.807) is 24.3 Å². The number of ether oxygens (including phenoxy) is 1. The molecule has 2 aliphatic rings. The lowest BCUT2D eigenvalue weighted by atomic mass is 9.64. The summed E-state index contributed by atoms with van der Waals surface area (Å²) in [7, 11) is 1.47. The fraction of sp³-hybridized carbons (Fsp3) is 0.559. The van der Waals surface area contributed by atoms with E-state index in [9.17, 15) is 14.0 Å². The van der Waals surface area contributed by atoms with Crippen LogP contribution in [-0.4, -0.2) is 58.7 Å². The summed E-state index contributed by atoms with van der Waals surface area (Å²) in [6, 6.07) is 10.8. The summed E-state index contributed by atoms with van der Waals surface area (Å²) >= 11 is 0. The van der Waals surface area contributed by atoms with Crippen LogP contribution in [0.25, 0.3) is 10.9 Å². The zero-order valence-electron chi connectivity index (χ0n) is 27.0. The van der Waals surface area contributed by atoms with Crippen molar-refractivity contribution in [3.8, 4) is 5.75 Å². The molecule has 44 heavy (non-hydrogen) atoms. The molecule has 1 saturated carbocycles. The standard InChI is InChI=1S/C34H47FN6O3/c1-20-17-34(5,6)21(2)14-29(20)38-32(40-18-22(3)36-23(4)19-40)37-25-9-11-27-30(15-25)39-33(43)41(31(27)42)13-12-24-8-10-26(44-7)16-28(24)35/h8-11,15-16,20-23,29,36H,12-14,17-19H2,1-7H3,(H,37,38)(H,39,43)/t20-,21+,22-,23+,29-/m0/s1. The molecule has 2 aromatic carbocycles. The summed E-state index contributed by atoms with van der Waals surface area (Å²) in [5.41, 5.74) is 0.956. The number of benzene rings is 2. The predicted molar refractivity (Wildman–Crippen MR) is 175 cm³/mol. The fourth-order valence-electron chi connectivity index (χ4n) is 6.86. The number of methoxy groups -OCH3 is 1. The van der Waals surface area contributed by atoms with Crippen molar-refractivity contribution in [1.82, 2.24) is 19.8 Å². The molecule has 0 amide bonds. The zero-order chi connectivity index (χ0) is 31.8. The molecule has 5 rings (SSSR count). The molecule has 0 unspecified atom stereocenters. The molecule has 0 bridgehead atoms. The Balaban J connectivity index is 1.42. The van der Waals surface area contributed by atoms with E-state index in [4.69, 9.17) is 9.73 Å². The number of hydrogen-bond acceptors (Lipinski definition) is 5. The average molecular weight is 607 g/mol. The zero-order valence-corrected chi connectivity index (χ0v) is 27.0. The van der Waals surface area contributed by atoms with Crippen molar-refractivity contribution in [2.45, 2.75) is 85.5 Å². The maximum Gasteiger partial charge on any atom is 0.328 e. The minimum Gasteiger partial charge on any atom is -0.497 e. The molecule has 1 aliphatic carbocycles. The molecule has 2 fully saturated rings. The van der Waals surface area contributed by atoms with Crippen LogP contribution in [0.2, 0.25) is 0 Å². The molecule has 9 nitrogen and oxygen atoms in total. The van der Waals surface area contributed by atoms with Crippen molar-refractivity contribution in [1.29, 1.82) is 0 Å². The lowest BCUT2D eigenvalue weighted by Gasteiger charge is -2.44. The van der Waals surface area contributed by atoms with Gasteiger partial charge in [-0.05, 0) is 80.2 Å². The van der Waals surface area contributed by atoms with E-state index in [0.29, 0.717) is 46.1 Å². The molecule has 238 valence electrons. The molecular weight excluding hydrogens is 559 g/mol. The first-order chi connectivity index (χ1) is 20.8. The van der Waals surface area contributed by atoms with Crippen LogP contribution in [0.4, 0.5) is 10.1 Å². The molecule has 1 aliphatic heterocycles. The van der Waals surface area contributed by atoms with Gasteiger partial charge in [0.15, 0.2) is 5.96 Å². The lowest BCUT2D eigenvalue weighted by Crippen LogP contribution is -2.57. The second-order valence-electron chi connectivity index (χ2n) is 13.7. The number of rotatable bonds is 6. The molecule has 5 atom stereocenters. The third kappa shape index (κ3) is 6.85. The van der Waals surface area contributed by atoms with Crippen molar-refractivity contribution in [3.05, 3.63) is 68.6 Å². The first-order valence-corrected chi connectivity index (χ1v) is 15.8. The largest absolute Gasteiger partial charge is 0.497 e. The minimum absolute atomic E-state index is 0.0539. The van der Waals surface area contributed by atoms with Gasteiger partial charge in [0.2, 0.25) is 0 Å². The molecule has 0 radical (unpaired) electrons. The summed E-state index contributed by atoms with van der Waals surface area (Å²) in [6.07, 6.45) is 2.35. The highest BCUT2D eigenvalue weighted by Crippen LogP contribution is 2.44. The summed E-state index contributed by atoms with van der Waals surface area (Å²) in [4.78, 5) is 36.9. The Morgan fingerprint density at radius 1 is 1.09 bits per heavy atom. The van der Waals surface area contributed by atoms with E-state index >= 15 is 0 Å². The van der Waals surface area contributed by atoms with Crippen molar-refractivity contribution >= 4 is 22.5 Å². The number of nitrogens with zero attached hydrogens (tertiary/aromatic N) is 3. The van der Waals surface area contributed by atoms with Gasteiger partial charge in [-0.1, -0.05) is 33.8 Å². The van der Waals surface area contributed by atoms with Gasteiger partial charge >= 0.3 is 5.69 Å². The van der Waals surface area contributed by atoms with Gasteiger partial charge in [0.05, 0.1) is 24.1 Å². The maximum atomic E-state index is 14.5. The summed E-state index contributed by atoms with van der Waals surface area (Å²) < 4.78 is 20.7. The number of piperazine rings is 1. The number of aliphatic imine (C=N–C) groups is 1. The third-order valence-electron chi connectivity index (χ3n) is 9.68.